The molecular formula is C12H16O3. The predicted octanol–water partition coefficient (Wildman–Crippen LogP) is 1.52. The molecule has 1 saturated carbocycles. The van der Waals surface area contributed by atoms with Gasteiger partial charge in [-0.15, -0.1) is 0 Å². The number of ether oxygens (including phenoxy) is 1. The Hall–Kier alpha value is -0.960. The lowest BCUT2D eigenvalue weighted by molar-refractivity contribution is -0.148. The molecule has 3 aliphatic carbocycles. The fourth-order valence-corrected chi connectivity index (χ4v) is 2.63. The van der Waals surface area contributed by atoms with E-state index >= 15 is 0 Å². The first kappa shape index (κ1) is 10.6. The van der Waals surface area contributed by atoms with Gasteiger partial charge in [0.05, 0.1) is 12.0 Å². The number of hydrogen-bond donors (Lipinski definition) is 0. The molecule has 0 heterocycles. The Kier molecular flexibility index (Phi) is 2.74. The summed E-state index contributed by atoms with van der Waals surface area (Å²) < 4.78 is 5.55. The molecule has 0 aromatic rings. The Morgan fingerprint density at radius 1 is 1.33 bits per heavy atom. The highest BCUT2D eigenvalue weighted by Gasteiger charge is 2.47. The van der Waals surface area contributed by atoms with Crippen LogP contribution in [0.5, 0.6) is 0 Å². The molecule has 15 heavy (non-hydrogen) atoms. The summed E-state index contributed by atoms with van der Waals surface area (Å²) >= 11 is 0. The third-order valence-electron chi connectivity index (χ3n) is 3.32. The van der Waals surface area contributed by atoms with Crippen LogP contribution in [0.1, 0.15) is 26.7 Å². The smallest absolute Gasteiger partial charge is 0.208 e. The van der Waals surface area contributed by atoms with E-state index in [1.165, 1.54) is 0 Å². The number of ketones is 2. The average Bonchev–Trinajstić information content (AvgIpc) is 2.24. The van der Waals surface area contributed by atoms with Crippen molar-refractivity contribution in [1.82, 2.24) is 0 Å². The zero-order chi connectivity index (χ0) is 11.0. The number of allylic oxidation sites excluding steroid dienone is 1. The van der Waals surface area contributed by atoms with Crippen LogP contribution in [0.15, 0.2) is 11.6 Å². The van der Waals surface area contributed by atoms with Crippen LogP contribution in [0.2, 0.25) is 0 Å². The molecule has 3 atom stereocenters. The van der Waals surface area contributed by atoms with Gasteiger partial charge >= 0.3 is 0 Å². The maximum Gasteiger partial charge on any atom is 0.208 e. The first-order chi connectivity index (χ1) is 7.19. The summed E-state index contributed by atoms with van der Waals surface area (Å²) in [6, 6.07) is 0. The van der Waals surface area contributed by atoms with Crippen LogP contribution in [0.4, 0.5) is 0 Å². The predicted molar refractivity (Wildman–Crippen MR) is 55.4 cm³/mol. The highest BCUT2D eigenvalue weighted by molar-refractivity contribution is 6.41. The number of rotatable bonds is 3. The first-order valence-corrected chi connectivity index (χ1v) is 5.59. The van der Waals surface area contributed by atoms with Crippen molar-refractivity contribution >= 4 is 11.6 Å². The minimum Gasteiger partial charge on any atom is -0.377 e. The third kappa shape index (κ3) is 1.55. The van der Waals surface area contributed by atoms with Crippen molar-refractivity contribution in [3.8, 4) is 0 Å². The molecule has 82 valence electrons. The number of carbonyl (C=O) groups is 2. The normalized spacial score (nSPS) is 34.5. The van der Waals surface area contributed by atoms with E-state index in [1.807, 2.05) is 19.9 Å². The van der Waals surface area contributed by atoms with Gasteiger partial charge in [-0.1, -0.05) is 18.6 Å². The standard InChI is InChI=1S/C12H16O3/c1-3-7-5-8-6-9(15-4-2)10(7)12(14)11(8)13/h5,8-10H,3-4,6H2,1-2H3/t8-,9+,10+/m1/s1. The summed E-state index contributed by atoms with van der Waals surface area (Å²) in [7, 11) is 0. The Morgan fingerprint density at radius 2 is 2.07 bits per heavy atom. The minimum absolute atomic E-state index is 0.0647. The van der Waals surface area contributed by atoms with Crippen LogP contribution in [-0.2, 0) is 14.3 Å². The van der Waals surface area contributed by atoms with Crippen molar-refractivity contribution in [1.29, 1.82) is 0 Å². The molecule has 0 amide bonds. The SMILES string of the molecule is CCO[C@H]1C[C@H]2C=C(CC)[C@@H]1C(=O)C2=O. The van der Waals surface area contributed by atoms with Crippen LogP contribution in [0.3, 0.4) is 0 Å². The van der Waals surface area contributed by atoms with Crippen LogP contribution in [0, 0.1) is 11.8 Å². The van der Waals surface area contributed by atoms with Crippen molar-refractivity contribution in [2.24, 2.45) is 11.8 Å². The fraction of sp³-hybridized carbons (Fsp3) is 0.667. The number of Topliss-reactive ketones (excluding diaryl/α,β-unsaturated/α-hetero) is 2. The van der Waals surface area contributed by atoms with E-state index in [9.17, 15) is 9.59 Å². The van der Waals surface area contributed by atoms with Crippen LogP contribution in [0.25, 0.3) is 0 Å². The highest BCUT2D eigenvalue weighted by atomic mass is 16.5. The third-order valence-corrected chi connectivity index (χ3v) is 3.32. The van der Waals surface area contributed by atoms with E-state index in [0.717, 1.165) is 12.0 Å². The van der Waals surface area contributed by atoms with Crippen LogP contribution >= 0.6 is 0 Å². The van der Waals surface area contributed by atoms with E-state index in [1.54, 1.807) is 0 Å². The molecule has 3 heteroatoms. The summed E-state index contributed by atoms with van der Waals surface area (Å²) in [6.45, 7) is 4.55. The topological polar surface area (TPSA) is 43.4 Å². The number of hydrogen-bond acceptors (Lipinski definition) is 3. The Labute approximate surface area is 89.5 Å². The van der Waals surface area contributed by atoms with Gasteiger partial charge in [0, 0.05) is 12.5 Å². The van der Waals surface area contributed by atoms with Gasteiger partial charge in [0.2, 0.25) is 11.6 Å². The van der Waals surface area contributed by atoms with Crippen molar-refractivity contribution in [3.63, 3.8) is 0 Å². The maximum absolute atomic E-state index is 11.8. The largest absolute Gasteiger partial charge is 0.377 e. The molecule has 3 rings (SSSR count). The molecule has 3 nitrogen and oxygen atoms in total. The molecular weight excluding hydrogens is 192 g/mol. The van der Waals surface area contributed by atoms with E-state index < -0.39 is 0 Å². The van der Waals surface area contributed by atoms with Crippen molar-refractivity contribution in [2.75, 3.05) is 6.61 Å². The quantitative estimate of drug-likeness (QED) is 0.521. The lowest BCUT2D eigenvalue weighted by atomic mass is 9.67. The zero-order valence-electron chi connectivity index (χ0n) is 9.16. The molecule has 0 spiro atoms. The van der Waals surface area contributed by atoms with Gasteiger partial charge in [0.15, 0.2) is 0 Å². The molecule has 1 fully saturated rings. The lowest BCUT2D eigenvalue weighted by Gasteiger charge is -2.39. The molecule has 0 saturated heterocycles. The molecule has 0 aliphatic heterocycles. The average molecular weight is 208 g/mol. The van der Waals surface area contributed by atoms with Gasteiger partial charge in [-0.25, -0.2) is 0 Å². The second kappa shape index (κ2) is 3.89. The summed E-state index contributed by atoms with van der Waals surface area (Å²) in [4.78, 5) is 23.3. The molecule has 0 aromatic carbocycles. The molecule has 0 N–H and O–H groups in total. The molecule has 0 radical (unpaired) electrons. The minimum atomic E-state index is -0.285. The van der Waals surface area contributed by atoms with Crippen LogP contribution < -0.4 is 0 Å². The monoisotopic (exact) mass is 208 g/mol. The van der Waals surface area contributed by atoms with E-state index in [-0.39, 0.29) is 29.5 Å². The van der Waals surface area contributed by atoms with Crippen molar-refractivity contribution in [3.05, 3.63) is 11.6 Å². The Balaban J connectivity index is 2.31. The van der Waals surface area contributed by atoms with Gasteiger partial charge in [-0.05, 0) is 19.8 Å². The Morgan fingerprint density at radius 3 is 2.60 bits per heavy atom. The summed E-state index contributed by atoms with van der Waals surface area (Å²) in [6.07, 6.45) is 3.44. The second-order valence-corrected chi connectivity index (χ2v) is 4.14. The highest BCUT2D eigenvalue weighted by Crippen LogP contribution is 2.39. The Bertz CT molecular complexity index is 330. The lowest BCUT2D eigenvalue weighted by Crippen LogP contribution is -2.49. The fourth-order valence-electron chi connectivity index (χ4n) is 2.63. The van der Waals surface area contributed by atoms with Gasteiger partial charge in [-0.3, -0.25) is 9.59 Å². The van der Waals surface area contributed by atoms with Gasteiger partial charge in [0.25, 0.3) is 0 Å². The van der Waals surface area contributed by atoms with E-state index in [0.29, 0.717) is 13.0 Å². The molecule has 3 aliphatic rings. The van der Waals surface area contributed by atoms with Gasteiger partial charge < -0.3 is 4.74 Å². The summed E-state index contributed by atoms with van der Waals surface area (Å²) in [5, 5.41) is 0. The molecule has 2 bridgehead atoms. The second-order valence-electron chi connectivity index (χ2n) is 4.14. The molecule has 0 aromatic heterocycles. The van der Waals surface area contributed by atoms with Gasteiger partial charge in [-0.2, -0.15) is 0 Å². The van der Waals surface area contributed by atoms with Crippen molar-refractivity contribution in [2.45, 2.75) is 32.8 Å². The van der Waals surface area contributed by atoms with Gasteiger partial charge in [0.1, 0.15) is 0 Å². The van der Waals surface area contributed by atoms with E-state index in [4.69, 9.17) is 4.74 Å². The number of carbonyl (C=O) groups excluding carboxylic acids is 2. The first-order valence-electron chi connectivity index (χ1n) is 5.59. The summed E-state index contributed by atoms with van der Waals surface area (Å²) in [5.41, 5.74) is 1.09. The zero-order valence-corrected chi connectivity index (χ0v) is 9.16. The summed E-state index contributed by atoms with van der Waals surface area (Å²) in [5.74, 6) is -0.946. The van der Waals surface area contributed by atoms with Crippen molar-refractivity contribution < 1.29 is 14.3 Å². The van der Waals surface area contributed by atoms with Crippen LogP contribution in [-0.4, -0.2) is 24.3 Å². The molecule has 0 unspecified atom stereocenters. The maximum atomic E-state index is 11.8. The van der Waals surface area contributed by atoms with E-state index in [2.05, 4.69) is 0 Å². The number of fused-ring (bicyclic) bond motifs is 2.